The summed E-state index contributed by atoms with van der Waals surface area (Å²) in [6.07, 6.45) is 2.03. The van der Waals surface area contributed by atoms with Crippen LogP contribution in [0, 0.1) is 11.3 Å². The maximum absolute atomic E-state index is 8.72. The highest BCUT2D eigenvalue weighted by Gasteiger charge is 2.17. The number of hydrogen-bond acceptors (Lipinski definition) is 3. The highest BCUT2D eigenvalue weighted by Crippen LogP contribution is 2.33. The van der Waals surface area contributed by atoms with Gasteiger partial charge in [-0.1, -0.05) is 26.8 Å². The highest BCUT2D eigenvalue weighted by molar-refractivity contribution is 5.68. The normalized spacial score (nSPS) is 11.2. The molecular weight excluding hydrogens is 250 g/mol. The fourth-order valence-electron chi connectivity index (χ4n) is 2.05. The summed E-state index contributed by atoms with van der Waals surface area (Å²) in [7, 11) is 1.65. The SMILES string of the molecule is COc1ccc(C(C)(C)C)cc1-c1cnc(CC#N)[nH]1. The molecule has 0 radical (unpaired) electrons. The molecule has 1 N–H and O–H groups in total. The van der Waals surface area contributed by atoms with E-state index in [1.165, 1.54) is 5.56 Å². The Bertz CT molecular complexity index is 644. The molecule has 104 valence electrons. The molecule has 4 heteroatoms. The van der Waals surface area contributed by atoms with Crippen LogP contribution in [0.2, 0.25) is 0 Å². The van der Waals surface area contributed by atoms with Crippen LogP contribution in [0.3, 0.4) is 0 Å². The molecule has 0 aliphatic heterocycles. The van der Waals surface area contributed by atoms with Crippen molar-refractivity contribution in [2.45, 2.75) is 32.6 Å². The third kappa shape index (κ3) is 2.83. The Labute approximate surface area is 119 Å². The Kier molecular flexibility index (Phi) is 3.80. The molecular formula is C16H19N3O. The molecule has 0 bridgehead atoms. The topological polar surface area (TPSA) is 61.7 Å². The summed E-state index contributed by atoms with van der Waals surface area (Å²) < 4.78 is 5.42. The van der Waals surface area contributed by atoms with E-state index in [0.717, 1.165) is 17.0 Å². The zero-order valence-electron chi connectivity index (χ0n) is 12.3. The van der Waals surface area contributed by atoms with E-state index in [4.69, 9.17) is 10.00 Å². The second-order valence-corrected chi connectivity index (χ2v) is 5.74. The van der Waals surface area contributed by atoms with E-state index in [1.807, 2.05) is 6.07 Å². The average Bonchev–Trinajstić information content (AvgIpc) is 2.86. The van der Waals surface area contributed by atoms with E-state index in [9.17, 15) is 0 Å². The first-order valence-corrected chi connectivity index (χ1v) is 6.55. The standard InChI is InChI=1S/C16H19N3O/c1-16(2,3)11-5-6-14(20-4)12(9-11)13-10-18-15(19-13)7-8-17/h5-6,9-10H,7H2,1-4H3,(H,18,19). The molecule has 0 atom stereocenters. The molecule has 2 rings (SSSR count). The van der Waals surface area contributed by atoms with Gasteiger partial charge in [-0.3, -0.25) is 0 Å². The van der Waals surface area contributed by atoms with Crippen LogP contribution < -0.4 is 4.74 Å². The minimum absolute atomic E-state index is 0.0660. The predicted octanol–water partition coefficient (Wildman–Crippen LogP) is 3.45. The van der Waals surface area contributed by atoms with Crippen molar-refractivity contribution in [2.75, 3.05) is 7.11 Å². The van der Waals surface area contributed by atoms with Gasteiger partial charge in [-0.25, -0.2) is 4.98 Å². The molecule has 0 aliphatic carbocycles. The van der Waals surface area contributed by atoms with Crippen LogP contribution in [0.5, 0.6) is 5.75 Å². The summed E-state index contributed by atoms with van der Waals surface area (Å²) in [4.78, 5) is 7.39. The lowest BCUT2D eigenvalue weighted by Crippen LogP contribution is -2.11. The van der Waals surface area contributed by atoms with Crippen molar-refractivity contribution in [1.82, 2.24) is 9.97 Å². The minimum Gasteiger partial charge on any atom is -0.496 e. The van der Waals surface area contributed by atoms with Gasteiger partial charge in [-0.05, 0) is 23.1 Å². The number of imidazole rings is 1. The van der Waals surface area contributed by atoms with E-state index in [-0.39, 0.29) is 11.8 Å². The number of ether oxygens (including phenoxy) is 1. The summed E-state index contributed by atoms with van der Waals surface area (Å²) in [5.41, 5.74) is 3.14. The van der Waals surface area contributed by atoms with E-state index in [2.05, 4.69) is 48.9 Å². The van der Waals surface area contributed by atoms with Gasteiger partial charge in [0.15, 0.2) is 0 Å². The number of nitrogens with zero attached hydrogens (tertiary/aromatic N) is 2. The number of aromatic amines is 1. The molecule has 0 spiro atoms. The van der Waals surface area contributed by atoms with Gasteiger partial charge in [0.1, 0.15) is 11.6 Å². The molecule has 0 saturated heterocycles. The molecule has 0 unspecified atom stereocenters. The van der Waals surface area contributed by atoms with Gasteiger partial charge in [0.2, 0.25) is 0 Å². The smallest absolute Gasteiger partial charge is 0.128 e. The first kappa shape index (κ1) is 14.1. The Balaban J connectivity index is 2.50. The van der Waals surface area contributed by atoms with Crippen LogP contribution in [0.15, 0.2) is 24.4 Å². The molecule has 2 aromatic rings. The molecule has 0 aliphatic rings. The van der Waals surface area contributed by atoms with E-state index < -0.39 is 0 Å². The fourth-order valence-corrected chi connectivity index (χ4v) is 2.05. The summed E-state index contributed by atoms with van der Waals surface area (Å²) >= 11 is 0. The lowest BCUT2D eigenvalue weighted by molar-refractivity contribution is 0.415. The lowest BCUT2D eigenvalue weighted by atomic mass is 9.86. The lowest BCUT2D eigenvalue weighted by Gasteiger charge is -2.20. The molecule has 20 heavy (non-hydrogen) atoms. The molecule has 0 amide bonds. The maximum Gasteiger partial charge on any atom is 0.128 e. The van der Waals surface area contributed by atoms with Crippen molar-refractivity contribution in [1.29, 1.82) is 5.26 Å². The van der Waals surface area contributed by atoms with Gasteiger partial charge in [0.25, 0.3) is 0 Å². The first-order valence-electron chi connectivity index (χ1n) is 6.55. The third-order valence-electron chi connectivity index (χ3n) is 3.23. The Morgan fingerprint density at radius 3 is 2.70 bits per heavy atom. The van der Waals surface area contributed by atoms with Crippen molar-refractivity contribution in [2.24, 2.45) is 0 Å². The van der Waals surface area contributed by atoms with E-state index >= 15 is 0 Å². The number of rotatable bonds is 3. The number of aromatic nitrogens is 2. The number of nitrogens with one attached hydrogen (secondary N) is 1. The van der Waals surface area contributed by atoms with Crippen LogP contribution in [0.25, 0.3) is 11.3 Å². The van der Waals surface area contributed by atoms with Crippen molar-refractivity contribution in [3.8, 4) is 23.1 Å². The summed E-state index contributed by atoms with van der Waals surface area (Å²) in [5.74, 6) is 1.47. The van der Waals surface area contributed by atoms with E-state index in [1.54, 1.807) is 13.3 Å². The molecule has 0 saturated carbocycles. The molecule has 1 heterocycles. The second-order valence-electron chi connectivity index (χ2n) is 5.74. The van der Waals surface area contributed by atoms with Gasteiger partial charge >= 0.3 is 0 Å². The maximum atomic E-state index is 8.72. The Hall–Kier alpha value is -2.28. The number of methoxy groups -OCH3 is 1. The number of hydrogen-bond donors (Lipinski definition) is 1. The zero-order valence-corrected chi connectivity index (χ0v) is 12.3. The largest absolute Gasteiger partial charge is 0.496 e. The van der Waals surface area contributed by atoms with Crippen molar-refractivity contribution < 1.29 is 4.74 Å². The molecule has 1 aromatic heterocycles. The van der Waals surface area contributed by atoms with Crippen molar-refractivity contribution in [3.63, 3.8) is 0 Å². The van der Waals surface area contributed by atoms with Crippen LogP contribution in [-0.4, -0.2) is 17.1 Å². The monoisotopic (exact) mass is 269 g/mol. The van der Waals surface area contributed by atoms with Gasteiger partial charge in [-0.2, -0.15) is 5.26 Å². The first-order chi connectivity index (χ1) is 9.45. The Morgan fingerprint density at radius 1 is 1.35 bits per heavy atom. The van der Waals surface area contributed by atoms with Crippen molar-refractivity contribution in [3.05, 3.63) is 35.8 Å². The van der Waals surface area contributed by atoms with Crippen LogP contribution in [0.4, 0.5) is 0 Å². The molecule has 4 nitrogen and oxygen atoms in total. The van der Waals surface area contributed by atoms with Crippen LogP contribution in [0.1, 0.15) is 32.2 Å². The van der Waals surface area contributed by atoms with Crippen LogP contribution in [-0.2, 0) is 11.8 Å². The van der Waals surface area contributed by atoms with Crippen LogP contribution >= 0.6 is 0 Å². The number of benzene rings is 1. The summed E-state index contributed by atoms with van der Waals surface area (Å²) in [6, 6.07) is 8.25. The molecule has 0 fully saturated rings. The number of nitriles is 1. The van der Waals surface area contributed by atoms with Gasteiger partial charge < -0.3 is 9.72 Å². The average molecular weight is 269 g/mol. The zero-order chi connectivity index (χ0) is 14.8. The quantitative estimate of drug-likeness (QED) is 0.928. The van der Waals surface area contributed by atoms with E-state index in [0.29, 0.717) is 5.82 Å². The Morgan fingerprint density at radius 2 is 2.10 bits per heavy atom. The predicted molar refractivity (Wildman–Crippen MR) is 78.6 cm³/mol. The van der Waals surface area contributed by atoms with Gasteiger partial charge in [0, 0.05) is 5.56 Å². The minimum atomic E-state index is 0.0660. The van der Waals surface area contributed by atoms with Crippen molar-refractivity contribution >= 4 is 0 Å². The summed E-state index contributed by atoms with van der Waals surface area (Å²) in [6.45, 7) is 6.52. The van der Waals surface area contributed by atoms with Gasteiger partial charge in [0.05, 0.1) is 31.5 Å². The summed E-state index contributed by atoms with van der Waals surface area (Å²) in [5, 5.41) is 8.72. The number of H-pyrrole nitrogens is 1. The highest BCUT2D eigenvalue weighted by atomic mass is 16.5. The second kappa shape index (κ2) is 5.38. The molecule has 1 aromatic carbocycles. The fraction of sp³-hybridized carbons (Fsp3) is 0.375. The van der Waals surface area contributed by atoms with Gasteiger partial charge in [-0.15, -0.1) is 0 Å². The third-order valence-corrected chi connectivity index (χ3v) is 3.23.